The van der Waals surface area contributed by atoms with Gasteiger partial charge in [-0.3, -0.25) is 4.79 Å². The van der Waals surface area contributed by atoms with Gasteiger partial charge in [-0.2, -0.15) is 0 Å². The third kappa shape index (κ3) is 4.40. The van der Waals surface area contributed by atoms with Crippen molar-refractivity contribution in [2.75, 3.05) is 5.32 Å². The van der Waals surface area contributed by atoms with Crippen molar-refractivity contribution in [1.82, 2.24) is 4.98 Å². The third-order valence-corrected chi connectivity index (χ3v) is 2.78. The second-order valence-electron chi connectivity index (χ2n) is 3.61. The molecule has 1 atom stereocenters. The van der Waals surface area contributed by atoms with Crippen LogP contribution in [0, 0.1) is 0 Å². The van der Waals surface area contributed by atoms with Crippen LogP contribution < -0.4 is 11.1 Å². The fraction of sp³-hybridized carbons (Fsp3) is 0.600. The molecule has 1 aromatic rings. The molecule has 4 nitrogen and oxygen atoms in total. The van der Waals surface area contributed by atoms with Gasteiger partial charge in [-0.15, -0.1) is 11.3 Å². The SMILES string of the molecule is CCCc1cnc(NC(=O)CC(C)N)s1. The van der Waals surface area contributed by atoms with Crippen molar-refractivity contribution in [2.45, 2.75) is 39.2 Å². The Morgan fingerprint density at radius 3 is 3.07 bits per heavy atom. The Kier molecular flexibility index (Phi) is 4.71. The Labute approximate surface area is 93.9 Å². The summed E-state index contributed by atoms with van der Waals surface area (Å²) in [6, 6.07) is -0.111. The summed E-state index contributed by atoms with van der Waals surface area (Å²) in [5.41, 5.74) is 5.52. The van der Waals surface area contributed by atoms with E-state index < -0.39 is 0 Å². The first-order valence-corrected chi connectivity index (χ1v) is 5.93. The lowest BCUT2D eigenvalue weighted by Crippen LogP contribution is -2.23. The van der Waals surface area contributed by atoms with E-state index in [2.05, 4.69) is 17.2 Å². The van der Waals surface area contributed by atoms with Crippen molar-refractivity contribution < 1.29 is 4.79 Å². The van der Waals surface area contributed by atoms with Crippen LogP contribution in [-0.4, -0.2) is 16.9 Å². The van der Waals surface area contributed by atoms with Crippen LogP contribution in [0.5, 0.6) is 0 Å². The Morgan fingerprint density at radius 1 is 1.73 bits per heavy atom. The molecule has 1 aromatic heterocycles. The molecular weight excluding hydrogens is 210 g/mol. The lowest BCUT2D eigenvalue weighted by atomic mass is 10.2. The molecule has 15 heavy (non-hydrogen) atoms. The van der Waals surface area contributed by atoms with E-state index >= 15 is 0 Å². The molecule has 0 aliphatic rings. The summed E-state index contributed by atoms with van der Waals surface area (Å²) in [4.78, 5) is 16.7. The Bertz CT molecular complexity index is 322. The van der Waals surface area contributed by atoms with E-state index in [1.54, 1.807) is 0 Å². The molecule has 0 fully saturated rings. The van der Waals surface area contributed by atoms with Gasteiger partial charge in [0.05, 0.1) is 0 Å². The van der Waals surface area contributed by atoms with Crippen LogP contribution in [0.3, 0.4) is 0 Å². The zero-order valence-corrected chi connectivity index (χ0v) is 9.93. The van der Waals surface area contributed by atoms with Gasteiger partial charge in [0.15, 0.2) is 5.13 Å². The number of nitrogens with two attached hydrogens (primary N) is 1. The molecule has 1 unspecified atom stereocenters. The average molecular weight is 227 g/mol. The molecule has 1 amide bonds. The number of nitrogens with zero attached hydrogens (tertiary/aromatic N) is 1. The average Bonchev–Trinajstić information content (AvgIpc) is 2.51. The summed E-state index contributed by atoms with van der Waals surface area (Å²) in [6.07, 6.45) is 4.26. The topological polar surface area (TPSA) is 68.0 Å². The number of hydrogen-bond acceptors (Lipinski definition) is 4. The predicted octanol–water partition coefficient (Wildman–Crippen LogP) is 1.77. The number of hydrogen-bond donors (Lipinski definition) is 2. The van der Waals surface area contributed by atoms with Gasteiger partial charge in [0.2, 0.25) is 5.91 Å². The minimum atomic E-state index is -0.111. The molecule has 0 bridgehead atoms. The van der Waals surface area contributed by atoms with Crippen LogP contribution in [0.15, 0.2) is 6.20 Å². The molecule has 3 N–H and O–H groups in total. The molecule has 5 heteroatoms. The molecular formula is C10H17N3OS. The number of amides is 1. The molecule has 0 radical (unpaired) electrons. The number of aryl methyl sites for hydroxylation is 1. The Hall–Kier alpha value is -0.940. The molecule has 1 rings (SSSR count). The van der Waals surface area contributed by atoms with Crippen LogP contribution in [0.25, 0.3) is 0 Å². The number of aromatic nitrogens is 1. The van der Waals surface area contributed by atoms with Gasteiger partial charge in [-0.05, 0) is 13.3 Å². The van der Waals surface area contributed by atoms with Gasteiger partial charge in [-0.25, -0.2) is 4.98 Å². The normalized spacial score (nSPS) is 12.5. The van der Waals surface area contributed by atoms with E-state index in [0.29, 0.717) is 11.6 Å². The van der Waals surface area contributed by atoms with E-state index in [1.165, 1.54) is 16.2 Å². The fourth-order valence-corrected chi connectivity index (χ4v) is 2.12. The second-order valence-corrected chi connectivity index (χ2v) is 4.73. The highest BCUT2D eigenvalue weighted by Gasteiger charge is 2.08. The summed E-state index contributed by atoms with van der Waals surface area (Å²) < 4.78 is 0. The third-order valence-electron chi connectivity index (χ3n) is 1.80. The molecule has 0 aliphatic carbocycles. The van der Waals surface area contributed by atoms with Gasteiger partial charge >= 0.3 is 0 Å². The fourth-order valence-electron chi connectivity index (χ4n) is 1.19. The van der Waals surface area contributed by atoms with E-state index in [1.807, 2.05) is 13.1 Å². The molecule has 0 spiro atoms. The zero-order chi connectivity index (χ0) is 11.3. The quantitative estimate of drug-likeness (QED) is 0.805. The smallest absolute Gasteiger partial charge is 0.227 e. The van der Waals surface area contributed by atoms with Gasteiger partial charge in [-0.1, -0.05) is 13.3 Å². The van der Waals surface area contributed by atoms with E-state index in [0.717, 1.165) is 12.8 Å². The van der Waals surface area contributed by atoms with E-state index in [-0.39, 0.29) is 11.9 Å². The highest BCUT2D eigenvalue weighted by Crippen LogP contribution is 2.19. The summed E-state index contributed by atoms with van der Waals surface area (Å²) in [7, 11) is 0. The van der Waals surface area contributed by atoms with Gasteiger partial charge in [0, 0.05) is 23.5 Å². The molecule has 1 heterocycles. The van der Waals surface area contributed by atoms with Gasteiger partial charge in [0.25, 0.3) is 0 Å². The number of carbonyl (C=O) groups excluding carboxylic acids is 1. The van der Waals surface area contributed by atoms with Crippen molar-refractivity contribution in [3.05, 3.63) is 11.1 Å². The lowest BCUT2D eigenvalue weighted by molar-refractivity contribution is -0.116. The Balaban J connectivity index is 2.46. The molecule has 0 saturated heterocycles. The van der Waals surface area contributed by atoms with Crippen molar-refractivity contribution in [3.8, 4) is 0 Å². The van der Waals surface area contributed by atoms with Crippen LogP contribution in [-0.2, 0) is 11.2 Å². The zero-order valence-electron chi connectivity index (χ0n) is 9.12. The monoisotopic (exact) mass is 227 g/mol. The number of anilines is 1. The number of rotatable bonds is 5. The second kappa shape index (κ2) is 5.82. The van der Waals surface area contributed by atoms with Crippen LogP contribution >= 0.6 is 11.3 Å². The first-order chi connectivity index (χ1) is 7.11. The standard InChI is InChI=1S/C10H17N3OS/c1-3-4-8-6-12-10(15-8)13-9(14)5-7(2)11/h6-7H,3-5,11H2,1-2H3,(H,12,13,14). The van der Waals surface area contributed by atoms with Crippen molar-refractivity contribution in [1.29, 1.82) is 0 Å². The summed E-state index contributed by atoms with van der Waals surface area (Å²) in [6.45, 7) is 3.93. The maximum atomic E-state index is 11.4. The molecule has 84 valence electrons. The highest BCUT2D eigenvalue weighted by molar-refractivity contribution is 7.15. The summed E-state index contributed by atoms with van der Waals surface area (Å²) in [5.74, 6) is -0.0672. The van der Waals surface area contributed by atoms with E-state index in [9.17, 15) is 4.79 Å². The first-order valence-electron chi connectivity index (χ1n) is 5.12. The van der Waals surface area contributed by atoms with Gasteiger partial charge in [0.1, 0.15) is 0 Å². The minimum absolute atomic E-state index is 0.0672. The van der Waals surface area contributed by atoms with E-state index in [4.69, 9.17) is 5.73 Å². The predicted molar refractivity (Wildman–Crippen MR) is 63.0 cm³/mol. The van der Waals surface area contributed by atoms with Crippen LogP contribution in [0.2, 0.25) is 0 Å². The Morgan fingerprint density at radius 2 is 2.47 bits per heavy atom. The summed E-state index contributed by atoms with van der Waals surface area (Å²) >= 11 is 1.53. The van der Waals surface area contributed by atoms with Crippen molar-refractivity contribution in [2.24, 2.45) is 5.73 Å². The minimum Gasteiger partial charge on any atom is -0.327 e. The van der Waals surface area contributed by atoms with Crippen molar-refractivity contribution in [3.63, 3.8) is 0 Å². The van der Waals surface area contributed by atoms with Crippen LogP contribution in [0.1, 0.15) is 31.6 Å². The maximum absolute atomic E-state index is 11.4. The first kappa shape index (κ1) is 12.1. The maximum Gasteiger partial charge on any atom is 0.227 e. The number of thiazole rings is 1. The van der Waals surface area contributed by atoms with Crippen LogP contribution in [0.4, 0.5) is 5.13 Å². The van der Waals surface area contributed by atoms with Crippen molar-refractivity contribution >= 4 is 22.4 Å². The lowest BCUT2D eigenvalue weighted by Gasteiger charge is -2.03. The number of carbonyl (C=O) groups is 1. The van der Waals surface area contributed by atoms with Gasteiger partial charge < -0.3 is 11.1 Å². The largest absolute Gasteiger partial charge is 0.327 e. The molecule has 0 aliphatic heterocycles. The number of nitrogens with one attached hydrogen (secondary N) is 1. The highest BCUT2D eigenvalue weighted by atomic mass is 32.1. The molecule has 0 aromatic carbocycles. The summed E-state index contributed by atoms with van der Waals surface area (Å²) in [5, 5.41) is 3.41. The molecule has 0 saturated carbocycles.